The molecule has 0 saturated heterocycles. The maximum absolute atomic E-state index is 6.94. The molecule has 1 N–H and O–H groups in total. The summed E-state index contributed by atoms with van der Waals surface area (Å²) in [7, 11) is 1.90. The molecule has 1 aliphatic carbocycles. The van der Waals surface area contributed by atoms with E-state index in [1.807, 2.05) is 61.4 Å². The first-order valence-electron chi connectivity index (χ1n) is 5.73. The molecule has 1 radical (unpaired) electrons. The second-order valence-electron chi connectivity index (χ2n) is 4.74. The number of benzene rings is 1. The van der Waals surface area contributed by atoms with Crippen molar-refractivity contribution in [2.24, 2.45) is 0 Å². The van der Waals surface area contributed by atoms with Crippen LogP contribution in [0.2, 0.25) is 0 Å². The van der Waals surface area contributed by atoms with Crippen LogP contribution in [-0.2, 0) is 26.2 Å². The van der Waals surface area contributed by atoms with Gasteiger partial charge in [0.1, 0.15) is 0 Å². The quantitative estimate of drug-likeness (QED) is 0.311. The van der Waals surface area contributed by atoms with E-state index in [1.165, 1.54) is 5.19 Å². The molecule has 2 rings (SSSR count). The minimum absolute atomic E-state index is 0. The Hall–Kier alpha value is 0.340. The van der Waals surface area contributed by atoms with Crippen molar-refractivity contribution in [3.63, 3.8) is 0 Å². The zero-order valence-corrected chi connectivity index (χ0v) is 22.9. The smallest absolute Gasteiger partial charge is 0.0477 e. The van der Waals surface area contributed by atoms with E-state index in [9.17, 15) is 0 Å². The largest absolute Gasteiger partial charge is 0.673 e. The van der Waals surface area contributed by atoms with Crippen LogP contribution in [0.1, 0.15) is 27.2 Å². The third kappa shape index (κ3) is 68.3. The summed E-state index contributed by atoms with van der Waals surface area (Å²) in [6.07, 6.45) is 10.0. The van der Waals surface area contributed by atoms with Crippen molar-refractivity contribution in [2.75, 3.05) is 0 Å². The Kier molecular flexibility index (Phi) is 79.7. The second kappa shape index (κ2) is 35.4. The summed E-state index contributed by atoms with van der Waals surface area (Å²) in [6.45, 7) is 5.56. The summed E-state index contributed by atoms with van der Waals surface area (Å²) in [5, 5.41) is 1.35. The number of rotatable bonds is 0. The van der Waals surface area contributed by atoms with Crippen LogP contribution in [-0.4, -0.2) is 15.8 Å². The monoisotopic (exact) mass is 481 g/mol. The molecule has 1 aromatic rings. The van der Waals surface area contributed by atoms with E-state index < -0.39 is 0 Å². The molecule has 5 heteroatoms. The van der Waals surface area contributed by atoms with Crippen LogP contribution < -0.4 is 5.19 Å². The maximum atomic E-state index is 6.94. The van der Waals surface area contributed by atoms with Gasteiger partial charge in [0.05, 0.1) is 0 Å². The first kappa shape index (κ1) is 56.2. The molecule has 0 amide bonds. The fourth-order valence-corrected chi connectivity index (χ4v) is 1.09. The number of hydrogen-bond acceptors (Lipinski definition) is 0. The fourth-order valence-electron chi connectivity index (χ4n) is 0.818. The van der Waals surface area contributed by atoms with E-state index in [-0.39, 0.29) is 93.7 Å². The van der Waals surface area contributed by atoms with E-state index in [2.05, 4.69) is 24.3 Å². The van der Waals surface area contributed by atoms with E-state index in [1.54, 1.807) is 0 Å². The average Bonchev–Trinajstić information content (AvgIpc) is 2.73. The summed E-state index contributed by atoms with van der Waals surface area (Å²) in [6, 6.07) is 10.3. The van der Waals surface area contributed by atoms with Crippen LogP contribution in [0, 0.1) is 43.2 Å². The molecule has 1 nitrogen and oxygen atoms in total. The first-order chi connectivity index (χ1) is 7.89. The Balaban J connectivity index is -0.0000000192. The van der Waals surface area contributed by atoms with Crippen LogP contribution in [0.5, 0.6) is 0 Å². The van der Waals surface area contributed by atoms with Gasteiger partial charge in [0.25, 0.3) is 0 Å². The summed E-state index contributed by atoms with van der Waals surface area (Å²) in [5.74, 6) is 0. The number of allylic oxidation sites excluding steroid dienone is 4. The Morgan fingerprint density at radius 3 is 1.40 bits per heavy atom. The van der Waals surface area contributed by atoms with Crippen molar-refractivity contribution >= 4 is 40.2 Å². The molecule has 0 saturated carbocycles. The molecule has 153 valence electrons. The van der Waals surface area contributed by atoms with Gasteiger partial charge in [-0.05, 0) is 0 Å². The molecule has 0 aliphatic heterocycles. The number of nitrogens with one attached hydrogen (secondary N) is 1. The predicted octanol–water partition coefficient (Wildman–Crippen LogP) is 6.18. The molecular weight excluding hydrogens is 444 g/mol. The van der Waals surface area contributed by atoms with Crippen molar-refractivity contribution in [1.82, 2.24) is 0 Å². The van der Waals surface area contributed by atoms with Gasteiger partial charge in [-0.2, -0.15) is 6.08 Å². The van der Waals surface area contributed by atoms with Gasteiger partial charge < -0.3 is 42.9 Å². The summed E-state index contributed by atoms with van der Waals surface area (Å²) in [4.78, 5) is 0. The summed E-state index contributed by atoms with van der Waals surface area (Å²) in [5.41, 5.74) is 6.69. The molecule has 0 heterocycles. The molecule has 0 fully saturated rings. The summed E-state index contributed by atoms with van der Waals surface area (Å²) >= 11 is 0. The van der Waals surface area contributed by atoms with Gasteiger partial charge in [0.2, 0.25) is 0 Å². The van der Waals surface area contributed by atoms with Gasteiger partial charge in [-0.1, -0.05) is 56.3 Å². The van der Waals surface area contributed by atoms with Crippen LogP contribution in [0.15, 0.2) is 48.6 Å². The SMILES string of the molecule is CC(C)(C)[NH-].Cl.Cl.[C-]1=CC=CC1.[CH3-].[CH3-].[CH3-].[CH3-].[CH3-].[SiH2]c1ccccc1.[Zr]. The normalized spacial score (nSPS) is 8.36. The van der Waals surface area contributed by atoms with Gasteiger partial charge in [0, 0.05) is 36.4 Å². The third-order valence-corrected chi connectivity index (χ3v) is 1.90. The molecule has 0 aromatic heterocycles. The van der Waals surface area contributed by atoms with Crippen molar-refractivity contribution in [2.45, 2.75) is 32.7 Å². The Morgan fingerprint density at radius 2 is 1.28 bits per heavy atom. The van der Waals surface area contributed by atoms with E-state index >= 15 is 0 Å². The van der Waals surface area contributed by atoms with Crippen molar-refractivity contribution in [3.05, 3.63) is 97.5 Å². The average molecular weight is 484 g/mol. The zero-order valence-electron chi connectivity index (χ0n) is 17.3. The first-order valence-corrected chi connectivity index (χ1v) is 6.44. The molecule has 1 aliphatic rings. The molecule has 0 bridgehead atoms. The maximum Gasteiger partial charge on any atom is 0.0477 e. The Morgan fingerprint density at radius 1 is 0.920 bits per heavy atom. The van der Waals surface area contributed by atoms with Crippen LogP contribution in [0.3, 0.4) is 0 Å². The predicted molar refractivity (Wildman–Crippen MR) is 127 cm³/mol. The second-order valence-corrected chi connectivity index (χ2v) is 5.56. The Labute approximate surface area is 195 Å². The minimum Gasteiger partial charge on any atom is -0.673 e. The van der Waals surface area contributed by atoms with Crippen molar-refractivity contribution in [1.29, 1.82) is 0 Å². The minimum atomic E-state index is -0.250. The fraction of sp³-hybridized carbons (Fsp3) is 0.250. The molecule has 1 aromatic carbocycles. The summed E-state index contributed by atoms with van der Waals surface area (Å²) < 4.78 is 0. The molecular formula is C20H39Cl2NSiZr-7. The third-order valence-electron chi connectivity index (χ3n) is 1.43. The zero-order chi connectivity index (χ0) is 13.1. The van der Waals surface area contributed by atoms with Crippen molar-refractivity contribution < 1.29 is 26.2 Å². The van der Waals surface area contributed by atoms with Crippen LogP contribution >= 0.6 is 24.8 Å². The van der Waals surface area contributed by atoms with Crippen LogP contribution in [0.25, 0.3) is 5.73 Å². The van der Waals surface area contributed by atoms with Crippen molar-refractivity contribution in [3.8, 4) is 0 Å². The van der Waals surface area contributed by atoms with Crippen LogP contribution in [0.4, 0.5) is 0 Å². The molecule has 0 unspecified atom stereocenters. The topological polar surface area (TPSA) is 23.8 Å². The molecule has 0 atom stereocenters. The molecule has 0 spiro atoms. The van der Waals surface area contributed by atoms with E-state index in [0.717, 1.165) is 6.42 Å². The Bertz CT molecular complexity index is 334. The van der Waals surface area contributed by atoms with Gasteiger partial charge in [-0.3, -0.25) is 6.08 Å². The standard InChI is InChI=1S/C6H7Si.C5H5.C4H10N.5CH3.2ClH.Zr/c7-6-4-2-1-3-5-6;1-2-4-5-3-1;1-4(2,3)5;;;;;;;;/h1-5H,7H2;1-3H,4H2;5H,1-3H3;5*1H3;2*1H;/q;7*-1;;;. The van der Waals surface area contributed by atoms with E-state index in [0.29, 0.717) is 0 Å². The molecule has 25 heavy (non-hydrogen) atoms. The van der Waals surface area contributed by atoms with Gasteiger partial charge >= 0.3 is 0 Å². The number of halogens is 2. The van der Waals surface area contributed by atoms with Gasteiger partial charge in [-0.15, -0.1) is 36.8 Å². The number of hydrogen-bond donors (Lipinski definition) is 0. The van der Waals surface area contributed by atoms with E-state index in [4.69, 9.17) is 5.73 Å². The van der Waals surface area contributed by atoms with Gasteiger partial charge in [0.15, 0.2) is 0 Å². The van der Waals surface area contributed by atoms with Gasteiger partial charge in [-0.25, -0.2) is 12.2 Å².